The Hall–Kier alpha value is -0.280. The number of halogens is 1. The van der Waals surface area contributed by atoms with Crippen molar-refractivity contribution in [1.29, 1.82) is 0 Å². The average Bonchev–Trinajstić information content (AvgIpc) is 2.62. The number of hydrogen-bond acceptors (Lipinski definition) is 2. The normalized spacial score (nSPS) is 18.2. The number of rotatable bonds is 5. The molecule has 16 heavy (non-hydrogen) atoms. The van der Waals surface area contributed by atoms with Crippen molar-refractivity contribution >= 4 is 18.3 Å². The summed E-state index contributed by atoms with van der Waals surface area (Å²) in [5, 5.41) is 2.96. The second kappa shape index (κ2) is 7.13. The first-order valence-corrected chi connectivity index (χ1v) is 6.05. The van der Waals surface area contributed by atoms with Crippen molar-refractivity contribution in [3.05, 3.63) is 0 Å². The highest BCUT2D eigenvalue weighted by molar-refractivity contribution is 5.85. The summed E-state index contributed by atoms with van der Waals surface area (Å²) >= 11 is 0. The Morgan fingerprint density at radius 1 is 1.38 bits per heavy atom. The summed E-state index contributed by atoms with van der Waals surface area (Å²) in [5.41, 5.74) is 5.65. The van der Waals surface area contributed by atoms with Crippen LogP contribution < -0.4 is 11.1 Å². The van der Waals surface area contributed by atoms with E-state index in [0.717, 1.165) is 6.54 Å². The van der Waals surface area contributed by atoms with Gasteiger partial charge < -0.3 is 11.1 Å². The zero-order chi connectivity index (χ0) is 11.3. The fraction of sp³-hybridized carbons (Fsp3) is 0.917. The largest absolute Gasteiger partial charge is 0.354 e. The molecule has 0 saturated heterocycles. The predicted octanol–water partition coefficient (Wildman–Crippen LogP) is 2.09. The van der Waals surface area contributed by atoms with Gasteiger partial charge in [-0.2, -0.15) is 0 Å². The molecule has 0 spiro atoms. The monoisotopic (exact) mass is 248 g/mol. The first-order valence-electron chi connectivity index (χ1n) is 6.05. The molecule has 1 rings (SSSR count). The number of carbonyl (C=O) groups is 1. The zero-order valence-corrected chi connectivity index (χ0v) is 11.2. The van der Waals surface area contributed by atoms with Crippen LogP contribution in [-0.2, 0) is 4.79 Å². The van der Waals surface area contributed by atoms with E-state index in [2.05, 4.69) is 19.2 Å². The third kappa shape index (κ3) is 4.71. The van der Waals surface area contributed by atoms with E-state index in [1.165, 1.54) is 32.1 Å². The van der Waals surface area contributed by atoms with Crippen molar-refractivity contribution in [2.75, 3.05) is 13.1 Å². The van der Waals surface area contributed by atoms with Gasteiger partial charge in [-0.15, -0.1) is 12.4 Å². The van der Waals surface area contributed by atoms with Gasteiger partial charge >= 0.3 is 0 Å². The highest BCUT2D eigenvalue weighted by Gasteiger charge is 2.34. The molecular formula is C12H25ClN2O. The quantitative estimate of drug-likeness (QED) is 0.783. The van der Waals surface area contributed by atoms with Crippen molar-refractivity contribution < 1.29 is 4.79 Å². The van der Waals surface area contributed by atoms with Crippen molar-refractivity contribution in [2.24, 2.45) is 17.1 Å². The lowest BCUT2D eigenvalue weighted by atomic mass is 9.78. The molecule has 0 aliphatic heterocycles. The van der Waals surface area contributed by atoms with E-state index in [4.69, 9.17) is 5.73 Å². The smallest absolute Gasteiger partial charge is 0.233 e. The summed E-state index contributed by atoms with van der Waals surface area (Å²) < 4.78 is 0. The summed E-state index contributed by atoms with van der Waals surface area (Å²) in [6, 6.07) is 0. The fourth-order valence-electron chi connectivity index (χ4n) is 2.80. The minimum Gasteiger partial charge on any atom is -0.354 e. The SMILES string of the molecule is CC(C)CC1(CNC(=O)CN)CCCC1.Cl. The van der Waals surface area contributed by atoms with Crippen LogP contribution in [0.15, 0.2) is 0 Å². The Morgan fingerprint density at radius 3 is 2.38 bits per heavy atom. The predicted molar refractivity (Wildman–Crippen MR) is 69.7 cm³/mol. The molecule has 0 aromatic carbocycles. The van der Waals surface area contributed by atoms with Gasteiger partial charge in [0.1, 0.15) is 0 Å². The van der Waals surface area contributed by atoms with Crippen molar-refractivity contribution in [3.63, 3.8) is 0 Å². The molecule has 0 atom stereocenters. The average molecular weight is 249 g/mol. The lowest BCUT2D eigenvalue weighted by Gasteiger charge is -2.31. The summed E-state index contributed by atoms with van der Waals surface area (Å²) in [5.74, 6) is 0.683. The second-order valence-electron chi connectivity index (χ2n) is 5.29. The maximum absolute atomic E-state index is 11.2. The molecule has 3 nitrogen and oxygen atoms in total. The van der Waals surface area contributed by atoms with Crippen LogP contribution in [0.5, 0.6) is 0 Å². The van der Waals surface area contributed by atoms with Crippen molar-refractivity contribution in [2.45, 2.75) is 46.0 Å². The summed E-state index contributed by atoms with van der Waals surface area (Å²) in [6.45, 7) is 5.44. The van der Waals surface area contributed by atoms with Gasteiger partial charge in [0.15, 0.2) is 0 Å². The molecular weight excluding hydrogens is 224 g/mol. The molecule has 1 saturated carbocycles. The van der Waals surface area contributed by atoms with E-state index < -0.39 is 0 Å². The number of carbonyl (C=O) groups excluding carboxylic acids is 1. The topological polar surface area (TPSA) is 55.1 Å². The fourth-order valence-corrected chi connectivity index (χ4v) is 2.80. The minimum absolute atomic E-state index is 0. The Morgan fingerprint density at radius 2 is 1.94 bits per heavy atom. The van der Waals surface area contributed by atoms with Gasteiger partial charge in [0.25, 0.3) is 0 Å². The lowest BCUT2D eigenvalue weighted by Crippen LogP contribution is -2.39. The van der Waals surface area contributed by atoms with Crippen LogP contribution in [0.3, 0.4) is 0 Å². The summed E-state index contributed by atoms with van der Waals surface area (Å²) in [6.07, 6.45) is 6.36. The number of hydrogen-bond donors (Lipinski definition) is 2. The lowest BCUT2D eigenvalue weighted by molar-refractivity contribution is -0.120. The van der Waals surface area contributed by atoms with Crippen LogP contribution in [-0.4, -0.2) is 19.0 Å². The molecule has 0 aromatic heterocycles. The first-order chi connectivity index (χ1) is 7.08. The number of nitrogens with two attached hydrogens (primary N) is 1. The molecule has 1 aliphatic rings. The second-order valence-corrected chi connectivity index (χ2v) is 5.29. The molecule has 1 fully saturated rings. The number of nitrogens with one attached hydrogen (secondary N) is 1. The maximum atomic E-state index is 11.2. The van der Waals surface area contributed by atoms with Gasteiger partial charge in [-0.1, -0.05) is 26.7 Å². The molecule has 0 aromatic rings. The Bertz CT molecular complexity index is 213. The summed E-state index contributed by atoms with van der Waals surface area (Å²) in [7, 11) is 0. The molecule has 0 unspecified atom stereocenters. The van der Waals surface area contributed by atoms with E-state index in [-0.39, 0.29) is 24.9 Å². The van der Waals surface area contributed by atoms with E-state index in [0.29, 0.717) is 11.3 Å². The van der Waals surface area contributed by atoms with Gasteiger partial charge in [-0.3, -0.25) is 4.79 Å². The van der Waals surface area contributed by atoms with Gasteiger partial charge in [-0.05, 0) is 30.6 Å². The minimum atomic E-state index is -0.0231. The highest BCUT2D eigenvalue weighted by Crippen LogP contribution is 2.42. The Kier molecular flexibility index (Phi) is 7.00. The maximum Gasteiger partial charge on any atom is 0.233 e. The van der Waals surface area contributed by atoms with Crippen LogP contribution >= 0.6 is 12.4 Å². The van der Waals surface area contributed by atoms with Crippen molar-refractivity contribution in [1.82, 2.24) is 5.32 Å². The molecule has 3 N–H and O–H groups in total. The van der Waals surface area contributed by atoms with Gasteiger partial charge in [0.2, 0.25) is 5.91 Å². The third-order valence-electron chi connectivity index (χ3n) is 3.35. The van der Waals surface area contributed by atoms with E-state index >= 15 is 0 Å². The van der Waals surface area contributed by atoms with Crippen LogP contribution in [0.2, 0.25) is 0 Å². The van der Waals surface area contributed by atoms with Crippen LogP contribution in [0.1, 0.15) is 46.0 Å². The van der Waals surface area contributed by atoms with Crippen LogP contribution in [0.4, 0.5) is 0 Å². The first kappa shape index (κ1) is 15.7. The Labute approximate surface area is 105 Å². The third-order valence-corrected chi connectivity index (χ3v) is 3.35. The van der Waals surface area contributed by atoms with Gasteiger partial charge in [0.05, 0.1) is 6.54 Å². The van der Waals surface area contributed by atoms with Crippen LogP contribution in [0, 0.1) is 11.3 Å². The molecule has 4 heteroatoms. The van der Waals surface area contributed by atoms with Crippen LogP contribution in [0.25, 0.3) is 0 Å². The van der Waals surface area contributed by atoms with E-state index in [1.54, 1.807) is 0 Å². The molecule has 0 radical (unpaired) electrons. The van der Waals surface area contributed by atoms with Gasteiger partial charge in [0, 0.05) is 6.54 Å². The van der Waals surface area contributed by atoms with E-state index in [1.807, 2.05) is 0 Å². The summed E-state index contributed by atoms with van der Waals surface area (Å²) in [4.78, 5) is 11.2. The molecule has 96 valence electrons. The van der Waals surface area contributed by atoms with Crippen molar-refractivity contribution in [3.8, 4) is 0 Å². The zero-order valence-electron chi connectivity index (χ0n) is 10.4. The Balaban J connectivity index is 0.00000225. The molecule has 0 heterocycles. The van der Waals surface area contributed by atoms with Gasteiger partial charge in [-0.25, -0.2) is 0 Å². The standard InChI is InChI=1S/C12H24N2O.ClH/c1-10(2)7-12(5-3-4-6-12)9-14-11(15)8-13;/h10H,3-9,13H2,1-2H3,(H,14,15);1H. The molecule has 0 bridgehead atoms. The molecule has 1 aliphatic carbocycles. The molecule has 1 amide bonds. The number of amides is 1. The highest BCUT2D eigenvalue weighted by atomic mass is 35.5. The van der Waals surface area contributed by atoms with E-state index in [9.17, 15) is 4.79 Å².